The highest BCUT2D eigenvalue weighted by atomic mass is 19.3. The molecular formula is C10H10F2O3. The first kappa shape index (κ1) is 11.4. The predicted molar refractivity (Wildman–Crippen MR) is 49.0 cm³/mol. The normalized spacial score (nSPS) is 11.4. The fraction of sp³-hybridized carbons (Fsp3) is 0.300. The van der Waals surface area contributed by atoms with Crippen molar-refractivity contribution in [1.82, 2.24) is 0 Å². The Labute approximate surface area is 85.0 Å². The summed E-state index contributed by atoms with van der Waals surface area (Å²) in [6.45, 7) is 0.712. The van der Waals surface area contributed by atoms with Gasteiger partial charge in [0.2, 0.25) is 0 Å². The second-order valence-electron chi connectivity index (χ2n) is 3.30. The van der Waals surface area contributed by atoms with Crippen molar-refractivity contribution in [2.24, 2.45) is 0 Å². The van der Waals surface area contributed by atoms with Crippen molar-refractivity contribution in [1.29, 1.82) is 0 Å². The zero-order chi connectivity index (χ0) is 11.6. The minimum absolute atomic E-state index is 0.0125. The van der Waals surface area contributed by atoms with E-state index in [1.165, 1.54) is 0 Å². The number of halogens is 2. The Morgan fingerprint density at radius 3 is 2.53 bits per heavy atom. The standard InChI is InChI=1S/C10H10F2O3/c1-10(11,12)7-2-3-8(13)6(4-7)5-9(14)15/h2-4,13H,5H2,1H3,(H,14,15). The van der Waals surface area contributed by atoms with E-state index in [9.17, 15) is 18.7 Å². The monoisotopic (exact) mass is 216 g/mol. The van der Waals surface area contributed by atoms with Crippen LogP contribution in [0.25, 0.3) is 0 Å². The molecule has 0 aliphatic carbocycles. The molecule has 0 atom stereocenters. The van der Waals surface area contributed by atoms with Gasteiger partial charge in [0.25, 0.3) is 5.92 Å². The van der Waals surface area contributed by atoms with Crippen LogP contribution in [0.1, 0.15) is 18.1 Å². The number of hydrogen-bond acceptors (Lipinski definition) is 2. The molecule has 0 aliphatic rings. The maximum Gasteiger partial charge on any atom is 0.307 e. The van der Waals surface area contributed by atoms with Crippen molar-refractivity contribution in [2.75, 3.05) is 0 Å². The lowest BCUT2D eigenvalue weighted by molar-refractivity contribution is -0.136. The van der Waals surface area contributed by atoms with E-state index in [1.54, 1.807) is 0 Å². The predicted octanol–water partition coefficient (Wildman–Crippen LogP) is 2.13. The molecule has 0 unspecified atom stereocenters. The number of carboxylic acid groups (broad SMARTS) is 1. The Morgan fingerprint density at radius 1 is 1.47 bits per heavy atom. The average molecular weight is 216 g/mol. The number of phenolic OH excluding ortho intramolecular Hbond substituents is 1. The number of carboxylic acids is 1. The Hall–Kier alpha value is -1.65. The van der Waals surface area contributed by atoms with Crippen molar-refractivity contribution in [2.45, 2.75) is 19.3 Å². The Bertz CT molecular complexity index is 383. The van der Waals surface area contributed by atoms with Gasteiger partial charge in [0, 0.05) is 18.1 Å². The molecule has 5 heteroatoms. The third kappa shape index (κ3) is 2.90. The van der Waals surface area contributed by atoms with E-state index >= 15 is 0 Å². The second-order valence-corrected chi connectivity index (χ2v) is 3.30. The number of hydrogen-bond donors (Lipinski definition) is 2. The van der Waals surface area contributed by atoms with E-state index in [0.29, 0.717) is 6.92 Å². The molecule has 82 valence electrons. The number of phenols is 1. The molecule has 2 N–H and O–H groups in total. The lowest BCUT2D eigenvalue weighted by Crippen LogP contribution is -2.08. The second kappa shape index (κ2) is 3.84. The molecule has 0 heterocycles. The zero-order valence-corrected chi connectivity index (χ0v) is 8.00. The minimum atomic E-state index is -3.04. The molecular weight excluding hydrogens is 206 g/mol. The molecule has 1 aromatic carbocycles. The van der Waals surface area contributed by atoms with Gasteiger partial charge in [-0.05, 0) is 18.2 Å². The van der Waals surface area contributed by atoms with Crippen molar-refractivity contribution in [3.8, 4) is 5.75 Å². The van der Waals surface area contributed by atoms with Crippen LogP contribution in [0.4, 0.5) is 8.78 Å². The van der Waals surface area contributed by atoms with E-state index in [-0.39, 0.29) is 16.9 Å². The fourth-order valence-corrected chi connectivity index (χ4v) is 1.16. The summed E-state index contributed by atoms with van der Waals surface area (Å²) in [7, 11) is 0. The zero-order valence-electron chi connectivity index (χ0n) is 8.00. The van der Waals surface area contributed by atoms with Crippen LogP contribution in [-0.4, -0.2) is 16.2 Å². The van der Waals surface area contributed by atoms with Gasteiger partial charge >= 0.3 is 5.97 Å². The quantitative estimate of drug-likeness (QED) is 0.813. The van der Waals surface area contributed by atoms with Crippen LogP contribution in [-0.2, 0) is 17.1 Å². The summed E-state index contributed by atoms with van der Waals surface area (Å²) in [5, 5.41) is 17.7. The SMILES string of the molecule is CC(F)(F)c1ccc(O)c(CC(=O)O)c1. The molecule has 0 saturated heterocycles. The molecule has 3 nitrogen and oxygen atoms in total. The van der Waals surface area contributed by atoms with Gasteiger partial charge < -0.3 is 10.2 Å². The summed E-state index contributed by atoms with van der Waals surface area (Å²) in [6, 6.07) is 3.15. The van der Waals surface area contributed by atoms with Crippen molar-refractivity contribution in [3.05, 3.63) is 29.3 Å². The Kier molecular flexibility index (Phi) is 2.93. The maximum atomic E-state index is 12.9. The molecule has 0 radical (unpaired) electrons. The van der Waals surface area contributed by atoms with E-state index < -0.39 is 18.3 Å². The molecule has 0 spiro atoms. The number of aliphatic carboxylic acids is 1. The minimum Gasteiger partial charge on any atom is -0.508 e. The number of aromatic hydroxyl groups is 1. The number of carbonyl (C=O) groups is 1. The first-order valence-corrected chi connectivity index (χ1v) is 4.22. The van der Waals surface area contributed by atoms with Gasteiger partial charge in [-0.25, -0.2) is 8.78 Å². The van der Waals surface area contributed by atoms with Gasteiger partial charge in [-0.15, -0.1) is 0 Å². The molecule has 1 aromatic rings. The van der Waals surface area contributed by atoms with Crippen LogP contribution >= 0.6 is 0 Å². The smallest absolute Gasteiger partial charge is 0.307 e. The molecule has 0 fully saturated rings. The van der Waals surface area contributed by atoms with Gasteiger partial charge in [-0.3, -0.25) is 4.79 Å². The van der Waals surface area contributed by atoms with E-state index in [4.69, 9.17) is 5.11 Å². The largest absolute Gasteiger partial charge is 0.508 e. The van der Waals surface area contributed by atoms with Crippen molar-refractivity contribution < 1.29 is 23.8 Å². The van der Waals surface area contributed by atoms with Crippen LogP contribution in [0.3, 0.4) is 0 Å². The summed E-state index contributed by atoms with van der Waals surface area (Å²) in [6.07, 6.45) is -0.476. The van der Waals surface area contributed by atoms with E-state index in [0.717, 1.165) is 18.2 Å². The van der Waals surface area contributed by atoms with Crippen LogP contribution in [0.15, 0.2) is 18.2 Å². The lowest BCUT2D eigenvalue weighted by atomic mass is 10.0. The van der Waals surface area contributed by atoms with Crippen LogP contribution < -0.4 is 0 Å². The van der Waals surface area contributed by atoms with Crippen molar-refractivity contribution in [3.63, 3.8) is 0 Å². The Balaban J connectivity index is 3.11. The summed E-state index contributed by atoms with van der Waals surface area (Å²) in [5.41, 5.74) is -0.321. The molecule has 1 rings (SSSR count). The highest BCUT2D eigenvalue weighted by Crippen LogP contribution is 2.30. The summed E-state index contributed by atoms with van der Waals surface area (Å²) in [5.74, 6) is -4.51. The van der Waals surface area contributed by atoms with Crippen LogP contribution in [0.2, 0.25) is 0 Å². The lowest BCUT2D eigenvalue weighted by Gasteiger charge is -2.12. The van der Waals surface area contributed by atoms with Gasteiger partial charge in [0.15, 0.2) is 0 Å². The highest BCUT2D eigenvalue weighted by molar-refractivity contribution is 5.71. The third-order valence-corrected chi connectivity index (χ3v) is 1.93. The van der Waals surface area contributed by atoms with Gasteiger partial charge in [0.1, 0.15) is 5.75 Å². The molecule has 15 heavy (non-hydrogen) atoms. The molecule has 0 bridgehead atoms. The number of rotatable bonds is 3. The van der Waals surface area contributed by atoms with Crippen LogP contribution in [0.5, 0.6) is 5.75 Å². The maximum absolute atomic E-state index is 12.9. The van der Waals surface area contributed by atoms with E-state index in [1.807, 2.05) is 0 Å². The third-order valence-electron chi connectivity index (χ3n) is 1.93. The summed E-state index contributed by atoms with van der Waals surface area (Å²) in [4.78, 5) is 10.4. The van der Waals surface area contributed by atoms with E-state index in [2.05, 4.69) is 0 Å². The van der Waals surface area contributed by atoms with Gasteiger partial charge in [0.05, 0.1) is 6.42 Å². The highest BCUT2D eigenvalue weighted by Gasteiger charge is 2.25. The van der Waals surface area contributed by atoms with Crippen LogP contribution in [0, 0.1) is 0 Å². The topological polar surface area (TPSA) is 57.5 Å². The molecule has 0 aliphatic heterocycles. The number of benzene rings is 1. The first-order chi connectivity index (χ1) is 6.80. The number of alkyl halides is 2. The summed E-state index contributed by atoms with van der Waals surface area (Å²) < 4.78 is 25.7. The van der Waals surface area contributed by atoms with Gasteiger partial charge in [-0.2, -0.15) is 0 Å². The molecule has 0 saturated carbocycles. The molecule has 0 aromatic heterocycles. The Morgan fingerprint density at radius 2 is 2.07 bits per heavy atom. The molecule has 0 amide bonds. The average Bonchev–Trinajstić information content (AvgIpc) is 2.06. The van der Waals surface area contributed by atoms with Crippen molar-refractivity contribution >= 4 is 5.97 Å². The fourth-order valence-electron chi connectivity index (χ4n) is 1.16. The van der Waals surface area contributed by atoms with Gasteiger partial charge in [-0.1, -0.05) is 0 Å². The summed E-state index contributed by atoms with van der Waals surface area (Å²) >= 11 is 0. The first-order valence-electron chi connectivity index (χ1n) is 4.22.